The number of nitrogens with zero attached hydrogens (tertiary/aromatic N) is 5. The summed E-state index contributed by atoms with van der Waals surface area (Å²) in [5.41, 5.74) is 2.28. The number of carbonyl (C=O) groups excluding carboxylic acids is 2. The van der Waals surface area contributed by atoms with Crippen molar-refractivity contribution in [2.45, 2.75) is 71.2 Å². The second kappa shape index (κ2) is 16.1. The van der Waals surface area contributed by atoms with Gasteiger partial charge in [-0.2, -0.15) is 10.2 Å². The molecule has 276 valence electrons. The summed E-state index contributed by atoms with van der Waals surface area (Å²) in [5.74, 6) is -0.585. The van der Waals surface area contributed by atoms with E-state index in [0.717, 1.165) is 26.5 Å². The summed E-state index contributed by atoms with van der Waals surface area (Å²) in [6, 6.07) is 16.7. The number of aromatic amines is 1. The molecule has 0 unspecified atom stereocenters. The molecule has 2 aromatic carbocycles. The number of thiazole rings is 2. The molecule has 2 amide bonds. The van der Waals surface area contributed by atoms with Gasteiger partial charge in [-0.3, -0.25) is 14.7 Å². The third-order valence-electron chi connectivity index (χ3n) is 7.81. The first kappa shape index (κ1) is 38.9. The van der Waals surface area contributed by atoms with Crippen LogP contribution >= 0.6 is 22.7 Å². The molecule has 0 spiro atoms. The first-order valence-electron chi connectivity index (χ1n) is 16.9. The number of aliphatic hydroxyl groups excluding tert-OH is 2. The van der Waals surface area contributed by atoms with Crippen LogP contribution in [0.2, 0.25) is 25.7 Å². The molecule has 0 fully saturated rings. The van der Waals surface area contributed by atoms with E-state index in [4.69, 9.17) is 4.74 Å². The molecule has 6 rings (SSSR count). The van der Waals surface area contributed by atoms with Crippen LogP contribution in [-0.2, 0) is 11.5 Å². The fraction of sp³-hybridized carbons (Fsp3) is 0.389. The molecule has 52 heavy (non-hydrogen) atoms. The summed E-state index contributed by atoms with van der Waals surface area (Å²) in [7, 11) is -1.17. The van der Waals surface area contributed by atoms with E-state index in [-0.39, 0.29) is 31.8 Å². The molecule has 4 aromatic heterocycles. The molecule has 4 heterocycles. The topological polar surface area (TPSA) is 180 Å². The zero-order valence-corrected chi connectivity index (χ0v) is 33.1. The summed E-state index contributed by atoms with van der Waals surface area (Å²) < 4.78 is 9.54. The number of carbonyl (C=O) groups is 2. The van der Waals surface area contributed by atoms with Gasteiger partial charge in [0, 0.05) is 20.9 Å². The standard InChI is InChI=1S/C21H30N4O3SSi.C15H16N4O2S/c1-21(2,13-26)23-19(27)15-12-25(14-28-10-11-30(3,4)5)24-18(15)20-22-16-8-6-7-9-17(16)29-20;1-15(2,8-20)18-13(21)9-7-16-19-12(9)14-17-10-5-3-4-6-11(10)22-14/h6-9,12,26H,10-11,13-14H2,1-5H3,(H,23,27);3-7,20H,8H2,1-2H3,(H,16,19)(H,18,21). The lowest BCUT2D eigenvalue weighted by Gasteiger charge is -2.23. The van der Waals surface area contributed by atoms with Crippen molar-refractivity contribution >= 4 is 63.0 Å². The van der Waals surface area contributed by atoms with Crippen molar-refractivity contribution in [3.8, 4) is 21.4 Å². The number of rotatable bonds is 13. The van der Waals surface area contributed by atoms with Crippen molar-refractivity contribution < 1.29 is 24.5 Å². The second-order valence-electron chi connectivity index (χ2n) is 14.9. The van der Waals surface area contributed by atoms with Gasteiger partial charge in [0.2, 0.25) is 0 Å². The molecule has 13 nitrogen and oxygen atoms in total. The van der Waals surface area contributed by atoms with Gasteiger partial charge in [0.25, 0.3) is 11.8 Å². The van der Waals surface area contributed by atoms with Crippen LogP contribution in [0.5, 0.6) is 0 Å². The number of fused-ring (bicyclic) bond motifs is 2. The van der Waals surface area contributed by atoms with Crippen LogP contribution in [0.4, 0.5) is 0 Å². The van der Waals surface area contributed by atoms with Crippen molar-refractivity contribution in [2.75, 3.05) is 19.8 Å². The minimum atomic E-state index is -1.17. The van der Waals surface area contributed by atoms with E-state index < -0.39 is 19.2 Å². The quantitative estimate of drug-likeness (QED) is 0.0681. The molecule has 0 atom stereocenters. The summed E-state index contributed by atoms with van der Waals surface area (Å²) in [6.07, 6.45) is 3.17. The van der Waals surface area contributed by atoms with Crippen molar-refractivity contribution in [3.05, 3.63) is 72.1 Å². The van der Waals surface area contributed by atoms with Crippen molar-refractivity contribution in [3.63, 3.8) is 0 Å². The number of nitrogens with one attached hydrogen (secondary N) is 3. The number of aliphatic hydroxyl groups is 2. The molecule has 6 aromatic rings. The van der Waals surface area contributed by atoms with E-state index in [1.165, 1.54) is 28.9 Å². The van der Waals surface area contributed by atoms with Crippen molar-refractivity contribution in [1.29, 1.82) is 0 Å². The van der Waals surface area contributed by atoms with Crippen LogP contribution in [0.15, 0.2) is 60.9 Å². The van der Waals surface area contributed by atoms with Crippen molar-refractivity contribution in [2.24, 2.45) is 0 Å². The van der Waals surface area contributed by atoms with Crippen LogP contribution in [0, 0.1) is 0 Å². The molecule has 0 saturated carbocycles. The van der Waals surface area contributed by atoms with Gasteiger partial charge in [0.1, 0.15) is 28.1 Å². The lowest BCUT2D eigenvalue weighted by atomic mass is 10.1. The Bertz CT molecular complexity index is 2080. The highest BCUT2D eigenvalue weighted by Gasteiger charge is 2.27. The average Bonchev–Trinajstić information content (AvgIpc) is 3.90. The average molecular weight is 763 g/mol. The van der Waals surface area contributed by atoms with Crippen LogP contribution in [0.1, 0.15) is 48.4 Å². The highest BCUT2D eigenvalue weighted by Crippen LogP contribution is 2.32. The Morgan fingerprint density at radius 1 is 0.846 bits per heavy atom. The van der Waals surface area contributed by atoms with Gasteiger partial charge >= 0.3 is 0 Å². The maximum Gasteiger partial charge on any atom is 0.255 e. The first-order chi connectivity index (χ1) is 24.6. The Balaban J connectivity index is 0.000000210. The minimum absolute atomic E-state index is 0.146. The van der Waals surface area contributed by atoms with Gasteiger partial charge in [-0.1, -0.05) is 43.9 Å². The molecule has 0 saturated heterocycles. The molecule has 0 aliphatic heterocycles. The fourth-order valence-corrected chi connectivity index (χ4v) is 7.45. The van der Waals surface area contributed by atoms with Crippen LogP contribution in [0.25, 0.3) is 41.8 Å². The van der Waals surface area contributed by atoms with E-state index in [9.17, 15) is 19.8 Å². The number of benzene rings is 2. The normalized spacial score (nSPS) is 12.2. The van der Waals surface area contributed by atoms with Crippen LogP contribution in [0.3, 0.4) is 0 Å². The Morgan fingerprint density at radius 2 is 1.38 bits per heavy atom. The zero-order valence-electron chi connectivity index (χ0n) is 30.5. The molecular formula is C36H46N8O5S2Si. The smallest absolute Gasteiger partial charge is 0.255 e. The maximum absolute atomic E-state index is 13.0. The number of aromatic nitrogens is 6. The maximum atomic E-state index is 13.0. The highest BCUT2D eigenvalue weighted by atomic mass is 32.1. The molecule has 0 bridgehead atoms. The monoisotopic (exact) mass is 762 g/mol. The number of ether oxygens (including phenoxy) is 1. The minimum Gasteiger partial charge on any atom is -0.394 e. The molecular weight excluding hydrogens is 717 g/mol. The number of H-pyrrole nitrogens is 1. The van der Waals surface area contributed by atoms with E-state index >= 15 is 0 Å². The fourth-order valence-electron chi connectivity index (χ4n) is 4.75. The third-order valence-corrected chi connectivity index (χ3v) is 11.6. The predicted molar refractivity (Wildman–Crippen MR) is 209 cm³/mol. The lowest BCUT2D eigenvalue weighted by molar-refractivity contribution is 0.0783. The molecule has 5 N–H and O–H groups in total. The number of para-hydroxylation sites is 2. The first-order valence-corrected chi connectivity index (χ1v) is 22.2. The number of amides is 2. The van der Waals surface area contributed by atoms with Crippen LogP contribution < -0.4 is 10.6 Å². The van der Waals surface area contributed by atoms with Crippen LogP contribution in [-0.4, -0.2) is 90.9 Å². The zero-order chi connectivity index (χ0) is 37.7. The van der Waals surface area contributed by atoms with Crippen molar-refractivity contribution in [1.82, 2.24) is 40.6 Å². The third kappa shape index (κ3) is 9.96. The largest absolute Gasteiger partial charge is 0.394 e. The van der Waals surface area contributed by atoms with E-state index in [0.29, 0.717) is 39.1 Å². The Labute approximate surface area is 311 Å². The Morgan fingerprint density at radius 3 is 1.94 bits per heavy atom. The Hall–Kier alpha value is -4.32. The van der Waals surface area contributed by atoms with Gasteiger partial charge in [-0.05, 0) is 58.0 Å². The van der Waals surface area contributed by atoms with Gasteiger partial charge in [0.05, 0.1) is 62.0 Å². The summed E-state index contributed by atoms with van der Waals surface area (Å²) in [5, 5.41) is 37.3. The van der Waals surface area contributed by atoms with Gasteiger partial charge < -0.3 is 25.6 Å². The number of hydrogen-bond acceptors (Lipinski definition) is 11. The SMILES string of the molecule is CC(C)(CO)NC(=O)c1cn(COCC[Si](C)(C)C)nc1-c1nc2ccccc2s1.CC(C)(CO)NC(=O)c1cn[nH]c1-c1nc2ccccc2s1. The molecule has 0 aliphatic carbocycles. The lowest BCUT2D eigenvalue weighted by Crippen LogP contribution is -2.46. The highest BCUT2D eigenvalue weighted by molar-refractivity contribution is 7.22. The van der Waals surface area contributed by atoms with Gasteiger partial charge in [0.15, 0.2) is 0 Å². The summed E-state index contributed by atoms with van der Waals surface area (Å²) in [6.45, 7) is 14.6. The predicted octanol–water partition coefficient (Wildman–Crippen LogP) is 6.16. The summed E-state index contributed by atoms with van der Waals surface area (Å²) in [4.78, 5) is 34.5. The van der Waals surface area contributed by atoms with E-state index in [1.54, 1.807) is 38.6 Å². The Kier molecular flexibility index (Phi) is 12.1. The van der Waals surface area contributed by atoms with Gasteiger partial charge in [-0.25, -0.2) is 14.6 Å². The summed E-state index contributed by atoms with van der Waals surface area (Å²) >= 11 is 3.00. The molecule has 0 aliphatic rings. The molecule has 16 heteroatoms. The molecule has 0 radical (unpaired) electrons. The van der Waals surface area contributed by atoms with E-state index in [2.05, 4.69) is 55.5 Å². The second-order valence-corrected chi connectivity index (χ2v) is 22.6. The van der Waals surface area contributed by atoms with Gasteiger partial charge in [-0.15, -0.1) is 22.7 Å². The number of hydrogen-bond donors (Lipinski definition) is 5. The van der Waals surface area contributed by atoms with E-state index in [1.807, 2.05) is 48.5 Å².